The summed E-state index contributed by atoms with van der Waals surface area (Å²) in [6.45, 7) is 5.86. The summed E-state index contributed by atoms with van der Waals surface area (Å²) < 4.78 is 0. The molecule has 0 aromatic heterocycles. The van der Waals surface area contributed by atoms with E-state index in [0.717, 1.165) is 24.0 Å². The van der Waals surface area contributed by atoms with Crippen LogP contribution < -0.4 is 10.6 Å². The third-order valence-electron chi connectivity index (χ3n) is 3.74. The number of rotatable bonds is 6. The van der Waals surface area contributed by atoms with Crippen LogP contribution in [-0.4, -0.2) is 36.8 Å². The van der Waals surface area contributed by atoms with Crippen molar-refractivity contribution in [2.45, 2.75) is 32.2 Å². The molecule has 0 spiro atoms. The van der Waals surface area contributed by atoms with Gasteiger partial charge in [0.25, 0.3) is 0 Å². The van der Waals surface area contributed by atoms with E-state index in [2.05, 4.69) is 29.5 Å². The van der Waals surface area contributed by atoms with Gasteiger partial charge in [0.2, 0.25) is 0 Å². The Morgan fingerprint density at radius 3 is 2.65 bits per heavy atom. The molecule has 0 amide bonds. The number of guanidine groups is 1. The second-order valence-corrected chi connectivity index (χ2v) is 5.47. The van der Waals surface area contributed by atoms with Gasteiger partial charge in [-0.25, -0.2) is 0 Å². The maximum atomic E-state index is 9.55. The smallest absolute Gasteiger partial charge is 0.191 e. The minimum atomic E-state index is 0.0586. The summed E-state index contributed by atoms with van der Waals surface area (Å²) in [5, 5.41) is 16.2. The summed E-state index contributed by atoms with van der Waals surface area (Å²) >= 11 is 0. The van der Waals surface area contributed by atoms with Crippen molar-refractivity contribution in [2.75, 3.05) is 19.7 Å². The highest BCUT2D eigenvalue weighted by Gasteiger charge is 2.33. The van der Waals surface area contributed by atoms with Gasteiger partial charge in [-0.2, -0.15) is 0 Å². The predicted octanol–water partition coefficient (Wildman–Crippen LogP) is 1.73. The fraction of sp³-hybridized carbons (Fsp3) is 0.562. The lowest BCUT2D eigenvalue weighted by Crippen LogP contribution is -2.39. The monoisotopic (exact) mass is 275 g/mol. The van der Waals surface area contributed by atoms with Gasteiger partial charge < -0.3 is 15.7 Å². The van der Waals surface area contributed by atoms with Crippen molar-refractivity contribution in [1.29, 1.82) is 0 Å². The van der Waals surface area contributed by atoms with Crippen LogP contribution in [0.25, 0.3) is 0 Å². The second kappa shape index (κ2) is 7.29. The lowest BCUT2D eigenvalue weighted by atomic mass is 10.0. The first-order chi connectivity index (χ1) is 9.74. The lowest BCUT2D eigenvalue weighted by Gasteiger charge is -2.15. The van der Waals surface area contributed by atoms with E-state index in [1.54, 1.807) is 0 Å². The van der Waals surface area contributed by atoms with Crippen LogP contribution in [-0.2, 0) is 0 Å². The average molecular weight is 275 g/mol. The minimum Gasteiger partial charge on any atom is -0.396 e. The molecule has 3 N–H and O–H groups in total. The number of aliphatic hydroxyl groups excluding tert-OH is 1. The van der Waals surface area contributed by atoms with Crippen molar-refractivity contribution in [3.05, 3.63) is 35.9 Å². The third-order valence-corrected chi connectivity index (χ3v) is 3.74. The summed E-state index contributed by atoms with van der Waals surface area (Å²) in [5.74, 6) is 1.65. The fourth-order valence-corrected chi connectivity index (χ4v) is 2.21. The molecule has 1 saturated carbocycles. The van der Waals surface area contributed by atoms with E-state index >= 15 is 0 Å². The molecular formula is C16H25N3O. The number of hydrogen-bond donors (Lipinski definition) is 3. The number of nitrogens with one attached hydrogen (secondary N) is 2. The molecule has 0 bridgehead atoms. The molecule has 2 rings (SSSR count). The molecule has 0 radical (unpaired) electrons. The second-order valence-electron chi connectivity index (χ2n) is 5.47. The van der Waals surface area contributed by atoms with Crippen molar-refractivity contribution < 1.29 is 5.11 Å². The Balaban J connectivity index is 1.95. The number of hydrogen-bond acceptors (Lipinski definition) is 2. The normalized spacial score (nSPS) is 23.2. The van der Waals surface area contributed by atoms with Crippen LogP contribution in [0.4, 0.5) is 0 Å². The molecule has 4 heteroatoms. The first kappa shape index (κ1) is 14.9. The van der Waals surface area contributed by atoms with Gasteiger partial charge in [-0.3, -0.25) is 4.99 Å². The Bertz CT molecular complexity index is 433. The highest BCUT2D eigenvalue weighted by Crippen LogP contribution is 2.28. The topological polar surface area (TPSA) is 56.7 Å². The van der Waals surface area contributed by atoms with Crippen LogP contribution in [0.3, 0.4) is 0 Å². The highest BCUT2D eigenvalue weighted by molar-refractivity contribution is 5.80. The number of nitrogens with zero attached hydrogens (tertiary/aromatic N) is 1. The Hall–Kier alpha value is -1.55. The molecule has 1 aromatic rings. The first-order valence-electron chi connectivity index (χ1n) is 7.45. The van der Waals surface area contributed by atoms with Crippen molar-refractivity contribution in [1.82, 2.24) is 10.6 Å². The van der Waals surface area contributed by atoms with Crippen LogP contribution in [0.5, 0.6) is 0 Å². The fourth-order valence-electron chi connectivity index (χ4n) is 2.21. The Morgan fingerprint density at radius 2 is 2.10 bits per heavy atom. The zero-order valence-electron chi connectivity index (χ0n) is 12.3. The maximum absolute atomic E-state index is 9.55. The number of aliphatic imine (C=N–C) groups is 1. The molecule has 110 valence electrons. The van der Waals surface area contributed by atoms with Gasteiger partial charge in [0, 0.05) is 18.5 Å². The Morgan fingerprint density at radius 1 is 1.40 bits per heavy atom. The molecule has 1 aromatic carbocycles. The van der Waals surface area contributed by atoms with Gasteiger partial charge in [0.05, 0.1) is 13.2 Å². The molecule has 0 aliphatic heterocycles. The Labute approximate surface area is 121 Å². The van der Waals surface area contributed by atoms with Crippen LogP contribution in [0.1, 0.15) is 31.7 Å². The van der Waals surface area contributed by atoms with Gasteiger partial charge in [0.1, 0.15) is 0 Å². The summed E-state index contributed by atoms with van der Waals surface area (Å²) in [4.78, 5) is 4.61. The molecule has 1 aliphatic carbocycles. The van der Waals surface area contributed by atoms with Crippen molar-refractivity contribution >= 4 is 5.96 Å². The van der Waals surface area contributed by atoms with Gasteiger partial charge >= 0.3 is 0 Å². The van der Waals surface area contributed by atoms with Crippen LogP contribution in [0.15, 0.2) is 35.3 Å². The molecule has 0 heterocycles. The van der Waals surface area contributed by atoms with Crippen LogP contribution in [0, 0.1) is 5.92 Å². The first-order valence-corrected chi connectivity index (χ1v) is 7.45. The molecule has 1 aliphatic rings. The van der Waals surface area contributed by atoms with E-state index in [4.69, 9.17) is 0 Å². The van der Waals surface area contributed by atoms with E-state index in [9.17, 15) is 5.11 Å². The van der Waals surface area contributed by atoms with Gasteiger partial charge in [-0.15, -0.1) is 0 Å². The molecule has 4 nitrogen and oxygen atoms in total. The molecular weight excluding hydrogens is 250 g/mol. The predicted molar refractivity (Wildman–Crippen MR) is 83.0 cm³/mol. The van der Waals surface area contributed by atoms with E-state index < -0.39 is 0 Å². The molecule has 3 unspecified atom stereocenters. The molecule has 1 fully saturated rings. The zero-order valence-corrected chi connectivity index (χ0v) is 12.3. The standard InChI is InChI=1S/C16H25N3O/c1-3-17-16(19-15-9-12(15)2)18-10-14(11-20)13-7-5-4-6-8-13/h4-8,12,14-15,20H,3,9-11H2,1-2H3,(H2,17,18,19). The van der Waals surface area contributed by atoms with E-state index in [1.807, 2.05) is 30.3 Å². The van der Waals surface area contributed by atoms with Gasteiger partial charge in [0.15, 0.2) is 5.96 Å². The summed E-state index contributed by atoms with van der Waals surface area (Å²) in [7, 11) is 0. The summed E-state index contributed by atoms with van der Waals surface area (Å²) in [5.41, 5.74) is 1.13. The minimum absolute atomic E-state index is 0.0586. The summed E-state index contributed by atoms with van der Waals surface area (Å²) in [6, 6.07) is 10.6. The molecule has 20 heavy (non-hydrogen) atoms. The zero-order chi connectivity index (χ0) is 14.4. The largest absolute Gasteiger partial charge is 0.396 e. The maximum Gasteiger partial charge on any atom is 0.191 e. The summed E-state index contributed by atoms with van der Waals surface area (Å²) in [6.07, 6.45) is 1.21. The Kier molecular flexibility index (Phi) is 5.41. The van der Waals surface area contributed by atoms with Crippen molar-refractivity contribution in [2.24, 2.45) is 10.9 Å². The quantitative estimate of drug-likeness (QED) is 0.547. The van der Waals surface area contributed by atoms with Crippen molar-refractivity contribution in [3.63, 3.8) is 0 Å². The number of aliphatic hydroxyl groups is 1. The van der Waals surface area contributed by atoms with Gasteiger partial charge in [-0.05, 0) is 24.8 Å². The molecule has 3 atom stereocenters. The third kappa shape index (κ3) is 4.23. The van der Waals surface area contributed by atoms with E-state index in [0.29, 0.717) is 12.6 Å². The van der Waals surface area contributed by atoms with E-state index in [1.165, 1.54) is 6.42 Å². The van der Waals surface area contributed by atoms with E-state index in [-0.39, 0.29) is 12.5 Å². The number of benzene rings is 1. The molecule has 0 saturated heterocycles. The van der Waals surface area contributed by atoms with Crippen LogP contribution in [0.2, 0.25) is 0 Å². The van der Waals surface area contributed by atoms with Crippen LogP contribution >= 0.6 is 0 Å². The SMILES string of the molecule is CCNC(=NCC(CO)c1ccccc1)NC1CC1C. The van der Waals surface area contributed by atoms with Gasteiger partial charge in [-0.1, -0.05) is 37.3 Å². The van der Waals surface area contributed by atoms with Crippen molar-refractivity contribution in [3.8, 4) is 0 Å². The highest BCUT2D eigenvalue weighted by atomic mass is 16.3. The lowest BCUT2D eigenvalue weighted by molar-refractivity contribution is 0.268. The average Bonchev–Trinajstić information content (AvgIpc) is 3.16.